The number of nitrogens with two attached hydrogens (primary N) is 1. The van der Waals surface area contributed by atoms with E-state index in [1.807, 2.05) is 30.3 Å². The molecule has 2 fully saturated rings. The summed E-state index contributed by atoms with van der Waals surface area (Å²) < 4.78 is 52.3. The molecule has 2 aromatic rings. The van der Waals surface area contributed by atoms with Crippen molar-refractivity contribution in [3.8, 4) is 0 Å². The number of nitrogens with one attached hydrogen (secondary N) is 1. The summed E-state index contributed by atoms with van der Waals surface area (Å²) in [7, 11) is 0. The molecule has 29 heavy (non-hydrogen) atoms. The minimum atomic E-state index is -4.83. The van der Waals surface area contributed by atoms with Gasteiger partial charge in [0.25, 0.3) is 0 Å². The highest BCUT2D eigenvalue weighted by molar-refractivity contribution is 5.94. The fraction of sp³-hybridized carbons (Fsp3) is 0.318. The summed E-state index contributed by atoms with van der Waals surface area (Å²) in [6.07, 6.45) is -1.07. The van der Waals surface area contributed by atoms with Crippen molar-refractivity contribution in [1.29, 1.82) is 0 Å². The quantitative estimate of drug-likeness (QED) is 0.719. The molecule has 0 heterocycles. The lowest BCUT2D eigenvalue weighted by molar-refractivity contribution is -0.140. The van der Waals surface area contributed by atoms with E-state index in [4.69, 9.17) is 5.73 Å². The second kappa shape index (κ2) is 7.30. The van der Waals surface area contributed by atoms with Gasteiger partial charge in [-0.3, -0.25) is 4.79 Å². The number of benzene rings is 2. The van der Waals surface area contributed by atoms with Crippen molar-refractivity contribution in [2.75, 3.05) is 5.32 Å². The Bertz CT molecular complexity index is 955. The van der Waals surface area contributed by atoms with E-state index in [2.05, 4.69) is 11.4 Å². The summed E-state index contributed by atoms with van der Waals surface area (Å²) in [5.41, 5.74) is 7.00. The molecule has 2 bridgehead atoms. The minimum absolute atomic E-state index is 0.0438. The summed E-state index contributed by atoms with van der Waals surface area (Å²) in [6, 6.07) is 11.8. The zero-order valence-electron chi connectivity index (χ0n) is 15.4. The van der Waals surface area contributed by atoms with Crippen LogP contribution in [-0.4, -0.2) is 11.9 Å². The van der Waals surface area contributed by atoms with Crippen LogP contribution in [0.1, 0.15) is 24.0 Å². The van der Waals surface area contributed by atoms with Gasteiger partial charge in [0.2, 0.25) is 5.91 Å². The van der Waals surface area contributed by atoms with Crippen molar-refractivity contribution in [3.05, 3.63) is 71.0 Å². The third-order valence-electron chi connectivity index (χ3n) is 5.93. The molecule has 3 nitrogen and oxygen atoms in total. The molecule has 1 amide bonds. The lowest BCUT2D eigenvalue weighted by Crippen LogP contribution is -2.42. The number of rotatable bonds is 3. The molecule has 0 aromatic heterocycles. The second-order valence-corrected chi connectivity index (χ2v) is 7.63. The highest BCUT2D eigenvalue weighted by Crippen LogP contribution is 2.52. The highest BCUT2D eigenvalue weighted by atomic mass is 19.4. The Morgan fingerprint density at radius 3 is 2.45 bits per heavy atom. The van der Waals surface area contributed by atoms with E-state index < -0.39 is 35.4 Å². The van der Waals surface area contributed by atoms with Crippen LogP contribution in [0.2, 0.25) is 0 Å². The van der Waals surface area contributed by atoms with Crippen LogP contribution in [0.4, 0.5) is 23.2 Å². The Kier molecular flexibility index (Phi) is 4.94. The van der Waals surface area contributed by atoms with Gasteiger partial charge in [-0.2, -0.15) is 13.2 Å². The Morgan fingerprint density at radius 2 is 1.76 bits per heavy atom. The molecule has 4 atom stereocenters. The summed E-state index contributed by atoms with van der Waals surface area (Å²) in [6.45, 7) is 0. The van der Waals surface area contributed by atoms with Gasteiger partial charge >= 0.3 is 6.18 Å². The fourth-order valence-corrected chi connectivity index (χ4v) is 4.65. The zero-order chi connectivity index (χ0) is 20.8. The number of carbonyl (C=O) groups is 1. The van der Waals surface area contributed by atoms with Crippen LogP contribution < -0.4 is 11.1 Å². The first-order valence-corrected chi connectivity index (χ1v) is 9.45. The van der Waals surface area contributed by atoms with Gasteiger partial charge in [-0.1, -0.05) is 42.0 Å². The van der Waals surface area contributed by atoms with Crippen molar-refractivity contribution in [3.63, 3.8) is 0 Å². The highest BCUT2D eigenvalue weighted by Gasteiger charge is 2.52. The van der Waals surface area contributed by atoms with Crippen LogP contribution in [-0.2, 0) is 11.0 Å². The molecule has 0 radical (unpaired) electrons. The van der Waals surface area contributed by atoms with E-state index in [1.54, 1.807) is 0 Å². The molecular weight excluding hydrogens is 384 g/mol. The molecule has 0 aliphatic heterocycles. The van der Waals surface area contributed by atoms with E-state index >= 15 is 0 Å². The van der Waals surface area contributed by atoms with E-state index in [0.717, 1.165) is 30.0 Å². The van der Waals surface area contributed by atoms with Gasteiger partial charge in [0, 0.05) is 11.7 Å². The van der Waals surface area contributed by atoms with Crippen molar-refractivity contribution in [2.45, 2.75) is 25.1 Å². The molecule has 0 saturated heterocycles. The Hall–Kier alpha value is -2.67. The predicted octanol–water partition coefficient (Wildman–Crippen LogP) is 4.85. The first kappa shape index (κ1) is 19.6. The number of amides is 1. The Balaban J connectivity index is 1.57. The summed E-state index contributed by atoms with van der Waals surface area (Å²) in [5, 5.41) is 2.51. The summed E-state index contributed by atoms with van der Waals surface area (Å²) >= 11 is 0. The fourth-order valence-electron chi connectivity index (χ4n) is 4.65. The molecule has 7 heteroatoms. The molecule has 3 N–H and O–H groups in total. The van der Waals surface area contributed by atoms with Crippen molar-refractivity contribution in [1.82, 2.24) is 0 Å². The lowest BCUT2D eigenvalue weighted by Gasteiger charge is -2.26. The monoisotopic (exact) mass is 404 g/mol. The average Bonchev–Trinajstić information content (AvgIpc) is 3.17. The number of halogens is 4. The van der Waals surface area contributed by atoms with Crippen LogP contribution >= 0.6 is 0 Å². The molecule has 2 saturated carbocycles. The van der Waals surface area contributed by atoms with Crippen molar-refractivity contribution < 1.29 is 22.4 Å². The van der Waals surface area contributed by atoms with Crippen LogP contribution in [0.15, 0.2) is 54.1 Å². The molecule has 152 valence electrons. The summed E-state index contributed by atoms with van der Waals surface area (Å²) in [5.74, 6) is -2.29. The van der Waals surface area contributed by atoms with E-state index in [9.17, 15) is 22.4 Å². The second-order valence-electron chi connectivity index (χ2n) is 7.63. The van der Waals surface area contributed by atoms with E-state index in [-0.39, 0.29) is 17.5 Å². The van der Waals surface area contributed by atoms with Gasteiger partial charge in [-0.25, -0.2) is 4.39 Å². The van der Waals surface area contributed by atoms with E-state index in [0.29, 0.717) is 12.1 Å². The normalized spacial score (nSPS) is 27.4. The number of anilines is 1. The first-order chi connectivity index (χ1) is 13.8. The van der Waals surface area contributed by atoms with Crippen molar-refractivity contribution in [2.24, 2.45) is 23.5 Å². The SMILES string of the molecule is N[C@H]1[C@@H](C(=O)Nc2ccc(F)c(C(F)(F)F)c2)[C@H]2CC[C@@H]1C2=Cc1ccccc1. The zero-order valence-corrected chi connectivity index (χ0v) is 15.4. The largest absolute Gasteiger partial charge is 0.419 e. The van der Waals surface area contributed by atoms with Crippen LogP contribution in [0.25, 0.3) is 6.08 Å². The van der Waals surface area contributed by atoms with Crippen molar-refractivity contribution >= 4 is 17.7 Å². The maximum Gasteiger partial charge on any atom is 0.419 e. The molecular formula is C22H20F4N2O. The predicted molar refractivity (Wildman–Crippen MR) is 102 cm³/mol. The van der Waals surface area contributed by atoms with Gasteiger partial charge in [0.05, 0.1) is 11.5 Å². The number of alkyl halides is 3. The van der Waals surface area contributed by atoms with Crippen LogP contribution in [0, 0.1) is 23.6 Å². The molecule has 2 aromatic carbocycles. The smallest absolute Gasteiger partial charge is 0.326 e. The van der Waals surface area contributed by atoms with Gasteiger partial charge in [0.15, 0.2) is 0 Å². The lowest BCUT2D eigenvalue weighted by atomic mass is 9.84. The topological polar surface area (TPSA) is 55.1 Å². The molecule has 2 aliphatic rings. The minimum Gasteiger partial charge on any atom is -0.326 e. The third-order valence-corrected chi connectivity index (χ3v) is 5.93. The van der Waals surface area contributed by atoms with E-state index in [1.165, 1.54) is 0 Å². The number of carbonyl (C=O) groups excluding carboxylic acids is 1. The molecule has 2 aliphatic carbocycles. The maximum atomic E-state index is 13.5. The Morgan fingerprint density at radius 1 is 1.07 bits per heavy atom. The number of hydrogen-bond acceptors (Lipinski definition) is 2. The molecule has 0 spiro atoms. The molecule has 0 unspecified atom stereocenters. The third kappa shape index (κ3) is 3.67. The van der Waals surface area contributed by atoms with Gasteiger partial charge in [0.1, 0.15) is 5.82 Å². The van der Waals surface area contributed by atoms with Gasteiger partial charge in [-0.15, -0.1) is 0 Å². The summed E-state index contributed by atoms with van der Waals surface area (Å²) in [4.78, 5) is 12.9. The maximum absolute atomic E-state index is 13.5. The first-order valence-electron chi connectivity index (χ1n) is 9.45. The van der Waals surface area contributed by atoms with Crippen LogP contribution in [0.5, 0.6) is 0 Å². The van der Waals surface area contributed by atoms with Gasteiger partial charge < -0.3 is 11.1 Å². The number of fused-ring (bicyclic) bond motifs is 2. The van der Waals surface area contributed by atoms with Crippen LogP contribution in [0.3, 0.4) is 0 Å². The average molecular weight is 404 g/mol. The number of hydrogen-bond donors (Lipinski definition) is 2. The van der Waals surface area contributed by atoms with Gasteiger partial charge in [-0.05, 0) is 48.4 Å². The standard InChI is InChI=1S/C22H20F4N2O/c23-18-9-6-13(11-17(18)22(24,25)26)28-21(29)19-14-7-8-15(20(19)27)16(14)10-12-4-2-1-3-5-12/h1-6,9-11,14-15,19-20H,7-8,27H2,(H,28,29)/t14-,15+,19-,20+/m0/s1. The molecule has 4 rings (SSSR count). The Labute approximate surface area is 165 Å².